The molecular weight excluding hydrogens is 448 g/mol. The molecule has 5 rings (SSSR count). The fraction of sp³-hybridized carbons (Fsp3) is 0.174. The van der Waals surface area contributed by atoms with Gasteiger partial charge in [-0.2, -0.15) is 0 Å². The van der Waals surface area contributed by atoms with Crippen molar-refractivity contribution in [1.82, 2.24) is 25.0 Å². The van der Waals surface area contributed by atoms with Gasteiger partial charge in [-0.15, -0.1) is 16.9 Å². The van der Waals surface area contributed by atoms with Gasteiger partial charge < -0.3 is 14.1 Å². The minimum absolute atomic E-state index is 0.219. The maximum Gasteiger partial charge on any atom is 0.243 e. The number of oxazole rings is 1. The number of ether oxygens (including phenoxy) is 1. The summed E-state index contributed by atoms with van der Waals surface area (Å²) >= 11 is 1.77. The Balaban J connectivity index is 1.14. The Morgan fingerprint density at radius 1 is 1.12 bits per heavy atom. The topological polar surface area (TPSA) is 81.8 Å². The van der Waals surface area contributed by atoms with Crippen molar-refractivity contribution in [2.24, 2.45) is 0 Å². The van der Waals surface area contributed by atoms with E-state index in [1.165, 1.54) is 12.3 Å². The lowest BCUT2D eigenvalue weighted by Gasteiger charge is -2.06. The molecule has 0 saturated heterocycles. The minimum Gasteiger partial charge on any atom is -0.487 e. The van der Waals surface area contributed by atoms with Gasteiger partial charge in [0.2, 0.25) is 5.89 Å². The summed E-state index contributed by atoms with van der Waals surface area (Å²) in [6.45, 7) is 1.06. The molecule has 0 saturated carbocycles. The van der Waals surface area contributed by atoms with Crippen molar-refractivity contribution in [2.75, 3.05) is 5.75 Å². The highest BCUT2D eigenvalue weighted by atomic mass is 32.2. The summed E-state index contributed by atoms with van der Waals surface area (Å²) < 4.78 is 40.4. The highest BCUT2D eigenvalue weighted by Gasteiger charge is 2.13. The zero-order valence-corrected chi connectivity index (χ0v) is 18.2. The normalized spacial score (nSPS) is 11.3. The molecule has 0 spiro atoms. The number of hydrogen-bond donors (Lipinski definition) is 1. The van der Waals surface area contributed by atoms with Crippen LogP contribution in [0.3, 0.4) is 0 Å². The van der Waals surface area contributed by atoms with E-state index in [1.54, 1.807) is 24.0 Å². The van der Waals surface area contributed by atoms with Crippen LogP contribution >= 0.6 is 11.8 Å². The summed E-state index contributed by atoms with van der Waals surface area (Å²) in [5.74, 6) is 0.689. The average Bonchev–Trinajstić information content (AvgIpc) is 3.56. The van der Waals surface area contributed by atoms with E-state index >= 15 is 0 Å². The van der Waals surface area contributed by atoms with E-state index in [0.717, 1.165) is 35.4 Å². The Bertz CT molecular complexity index is 1350. The van der Waals surface area contributed by atoms with E-state index in [1.807, 2.05) is 35.1 Å². The van der Waals surface area contributed by atoms with Crippen LogP contribution in [0, 0.1) is 11.6 Å². The van der Waals surface area contributed by atoms with Gasteiger partial charge in [0.15, 0.2) is 0 Å². The molecule has 1 N–H and O–H groups in total. The van der Waals surface area contributed by atoms with Crippen molar-refractivity contribution in [2.45, 2.75) is 24.5 Å². The molecule has 3 aromatic heterocycles. The van der Waals surface area contributed by atoms with Crippen LogP contribution in [0.15, 0.2) is 70.4 Å². The predicted octanol–water partition coefficient (Wildman–Crippen LogP) is 5.45. The Morgan fingerprint density at radius 3 is 2.82 bits per heavy atom. The van der Waals surface area contributed by atoms with Gasteiger partial charge in [0.1, 0.15) is 41.6 Å². The Labute approximate surface area is 191 Å². The molecule has 7 nitrogen and oxygen atoms in total. The highest BCUT2D eigenvalue weighted by molar-refractivity contribution is 7.99. The van der Waals surface area contributed by atoms with Gasteiger partial charge in [0.25, 0.3) is 0 Å². The van der Waals surface area contributed by atoms with E-state index < -0.39 is 11.6 Å². The summed E-state index contributed by atoms with van der Waals surface area (Å²) in [5.41, 5.74) is 1.39. The number of nitrogens with one attached hydrogen (secondary N) is 1. The first kappa shape index (κ1) is 21.2. The zero-order valence-electron chi connectivity index (χ0n) is 17.4. The SMILES string of the molecule is Fc1cc(F)c2cc(-c3nc(COc4ccc(SCCCn5ccnn5)cc4)co3)[nH]c2c1. The quantitative estimate of drug-likeness (QED) is 0.229. The summed E-state index contributed by atoms with van der Waals surface area (Å²) in [7, 11) is 0. The van der Waals surface area contributed by atoms with Crippen LogP contribution in [0.1, 0.15) is 12.1 Å². The summed E-state index contributed by atoms with van der Waals surface area (Å²) in [6.07, 6.45) is 6.02. The average molecular weight is 468 g/mol. The Morgan fingerprint density at radius 2 is 2.00 bits per heavy atom. The number of H-pyrrole nitrogens is 1. The molecule has 3 heterocycles. The molecule has 0 bridgehead atoms. The number of benzene rings is 2. The number of rotatable bonds is 9. The molecule has 0 unspecified atom stereocenters. The monoisotopic (exact) mass is 467 g/mol. The van der Waals surface area contributed by atoms with Gasteiger partial charge in [0, 0.05) is 29.1 Å². The Kier molecular flexibility index (Phi) is 6.07. The smallest absolute Gasteiger partial charge is 0.243 e. The van der Waals surface area contributed by atoms with Crippen LogP contribution in [0.5, 0.6) is 5.75 Å². The van der Waals surface area contributed by atoms with E-state index in [2.05, 4.69) is 20.3 Å². The summed E-state index contributed by atoms with van der Waals surface area (Å²) in [4.78, 5) is 8.46. The fourth-order valence-corrected chi connectivity index (χ4v) is 4.17. The van der Waals surface area contributed by atoms with Crippen LogP contribution in [-0.4, -0.2) is 30.7 Å². The Hall–Kier alpha value is -3.66. The van der Waals surface area contributed by atoms with Crippen LogP contribution < -0.4 is 4.74 Å². The second-order valence-electron chi connectivity index (χ2n) is 7.30. The fourth-order valence-electron chi connectivity index (χ4n) is 3.33. The second kappa shape index (κ2) is 9.45. The minimum atomic E-state index is -0.647. The first-order valence-electron chi connectivity index (χ1n) is 10.3. The van der Waals surface area contributed by atoms with Crippen molar-refractivity contribution in [3.05, 3.63) is 78.4 Å². The lowest BCUT2D eigenvalue weighted by atomic mass is 10.2. The number of halogens is 2. The first-order valence-corrected chi connectivity index (χ1v) is 11.2. The summed E-state index contributed by atoms with van der Waals surface area (Å²) in [6, 6.07) is 11.5. The largest absolute Gasteiger partial charge is 0.487 e. The number of aryl methyl sites for hydroxylation is 1. The molecule has 0 radical (unpaired) electrons. The number of fused-ring (bicyclic) bond motifs is 1. The van der Waals surface area contributed by atoms with Gasteiger partial charge in [-0.3, -0.25) is 4.68 Å². The predicted molar refractivity (Wildman–Crippen MR) is 120 cm³/mol. The number of hydrogen-bond acceptors (Lipinski definition) is 6. The van der Waals surface area contributed by atoms with E-state index in [-0.39, 0.29) is 17.9 Å². The molecule has 0 aliphatic rings. The van der Waals surface area contributed by atoms with Gasteiger partial charge in [-0.05, 0) is 48.6 Å². The van der Waals surface area contributed by atoms with Gasteiger partial charge in [0.05, 0.1) is 11.7 Å². The van der Waals surface area contributed by atoms with Crippen molar-refractivity contribution >= 4 is 22.7 Å². The molecule has 0 aliphatic heterocycles. The lowest BCUT2D eigenvalue weighted by Crippen LogP contribution is -1.99. The standard InChI is InChI=1S/C23H19F2N5O2S/c24-15-10-20(25)19-12-22(28-21(19)11-15)23-27-16(14-32-23)13-31-17-2-4-18(5-3-17)33-9-1-7-30-8-6-26-29-30/h2-6,8,10-12,14,28H,1,7,9,13H2. The molecule has 5 aromatic rings. The molecule has 10 heteroatoms. The van der Waals surface area contributed by atoms with E-state index in [9.17, 15) is 8.78 Å². The van der Waals surface area contributed by atoms with Crippen LogP contribution in [0.25, 0.3) is 22.5 Å². The van der Waals surface area contributed by atoms with Gasteiger partial charge in [-0.1, -0.05) is 5.21 Å². The molecular formula is C23H19F2N5O2S. The first-order chi connectivity index (χ1) is 16.1. The van der Waals surface area contributed by atoms with Crippen LogP contribution in [0.4, 0.5) is 8.78 Å². The third kappa shape index (κ3) is 5.06. The number of aromatic amines is 1. The van der Waals surface area contributed by atoms with Crippen LogP contribution in [0.2, 0.25) is 0 Å². The maximum atomic E-state index is 13.9. The third-order valence-corrected chi connectivity index (χ3v) is 6.02. The second-order valence-corrected chi connectivity index (χ2v) is 8.47. The molecule has 2 aromatic carbocycles. The van der Waals surface area contributed by atoms with Crippen molar-refractivity contribution in [3.8, 4) is 17.3 Å². The zero-order chi connectivity index (χ0) is 22.6. The molecule has 0 atom stereocenters. The number of thioether (sulfide) groups is 1. The number of aromatic nitrogens is 5. The highest BCUT2D eigenvalue weighted by Crippen LogP contribution is 2.27. The van der Waals surface area contributed by atoms with Crippen LogP contribution in [-0.2, 0) is 13.2 Å². The molecule has 0 aliphatic carbocycles. The molecule has 0 amide bonds. The lowest BCUT2D eigenvalue weighted by molar-refractivity contribution is 0.301. The van der Waals surface area contributed by atoms with Gasteiger partial charge >= 0.3 is 0 Å². The van der Waals surface area contributed by atoms with Gasteiger partial charge in [-0.25, -0.2) is 13.8 Å². The van der Waals surface area contributed by atoms with Crippen molar-refractivity contribution in [1.29, 1.82) is 0 Å². The molecule has 0 fully saturated rings. The third-order valence-electron chi connectivity index (χ3n) is 4.92. The number of nitrogens with zero attached hydrogens (tertiary/aromatic N) is 4. The van der Waals surface area contributed by atoms with E-state index in [0.29, 0.717) is 16.9 Å². The molecule has 168 valence electrons. The van der Waals surface area contributed by atoms with E-state index in [4.69, 9.17) is 9.15 Å². The van der Waals surface area contributed by atoms with Crippen molar-refractivity contribution in [3.63, 3.8) is 0 Å². The maximum absolute atomic E-state index is 13.9. The van der Waals surface area contributed by atoms with Crippen molar-refractivity contribution < 1.29 is 17.9 Å². The molecule has 33 heavy (non-hydrogen) atoms. The summed E-state index contributed by atoms with van der Waals surface area (Å²) in [5, 5.41) is 8.02.